The second-order valence-corrected chi connectivity index (χ2v) is 8.00. The Labute approximate surface area is 157 Å². The molecule has 28 heavy (non-hydrogen) atoms. The first-order valence-electron chi connectivity index (χ1n) is 7.51. The van der Waals surface area contributed by atoms with Gasteiger partial charge in [0.1, 0.15) is 4.90 Å². The van der Waals surface area contributed by atoms with Gasteiger partial charge in [-0.1, -0.05) is 19.4 Å². The van der Waals surface area contributed by atoms with Gasteiger partial charge < -0.3 is 19.9 Å². The van der Waals surface area contributed by atoms with Crippen molar-refractivity contribution in [2.24, 2.45) is 0 Å². The summed E-state index contributed by atoms with van der Waals surface area (Å²) in [6.07, 6.45) is 2.40. The van der Waals surface area contributed by atoms with Crippen LogP contribution in [-0.2, 0) is 4.79 Å². The van der Waals surface area contributed by atoms with Crippen LogP contribution in [0.1, 0.15) is 5.56 Å². The van der Waals surface area contributed by atoms with Crippen molar-refractivity contribution < 1.29 is 38.8 Å². The second-order valence-electron chi connectivity index (χ2n) is 5.59. The molecule has 2 N–H and O–H groups in total. The van der Waals surface area contributed by atoms with Gasteiger partial charge in [-0.2, -0.15) is 0 Å². The molecule has 0 atom stereocenters. The number of amides is 1. The molecule has 0 spiro atoms. The molecule has 2 aromatic carbocycles. The highest BCUT2D eigenvalue weighted by atomic mass is 32.5. The predicted molar refractivity (Wildman–Crippen MR) is 96.7 cm³/mol. The molecule has 0 aromatic heterocycles. The van der Waals surface area contributed by atoms with Gasteiger partial charge >= 0.3 is 10.2 Å². The molecule has 0 unspecified atom stereocenters. The Hall–Kier alpha value is -2.95. The van der Waals surface area contributed by atoms with Crippen LogP contribution in [0.15, 0.2) is 47.4 Å². The Morgan fingerprint density at radius 1 is 1.00 bits per heavy atom. The fourth-order valence-corrected chi connectivity index (χ4v) is 2.81. The van der Waals surface area contributed by atoms with Crippen LogP contribution < -0.4 is 14.8 Å². The second kappa shape index (κ2) is 6.59. The molecular weight excluding hydrogens is 409 g/mol. The summed E-state index contributed by atoms with van der Waals surface area (Å²) in [5.74, 6) is -0.737. The third-order valence-corrected chi connectivity index (χ3v) is 4.66. The van der Waals surface area contributed by atoms with Crippen LogP contribution in [-0.4, -0.2) is 25.2 Å². The molecule has 0 fully saturated rings. The van der Waals surface area contributed by atoms with Gasteiger partial charge in [0, 0.05) is 11.8 Å². The van der Waals surface area contributed by atoms with Crippen LogP contribution >= 0.6 is 10.2 Å². The summed E-state index contributed by atoms with van der Waals surface area (Å²) in [4.78, 5) is 9.85. The zero-order chi connectivity index (χ0) is 21.2. The number of hydrogen-bond donors (Lipinski definition) is 2. The van der Waals surface area contributed by atoms with E-state index in [1.54, 1.807) is 0 Å². The molecular formula is C17H16F5NO4S. The molecule has 0 aliphatic carbocycles. The Balaban J connectivity index is 2.15. The number of carbonyl (C=O) groups excluding carboxylic acids is 1. The van der Waals surface area contributed by atoms with E-state index in [9.17, 15) is 29.3 Å². The van der Waals surface area contributed by atoms with Crippen LogP contribution in [0.2, 0.25) is 0 Å². The average Bonchev–Trinajstić information content (AvgIpc) is 2.59. The highest BCUT2D eigenvalue weighted by Crippen LogP contribution is 3.02. The molecule has 11 heteroatoms. The maximum Gasteiger partial charge on any atom is 0.310 e. The zero-order valence-corrected chi connectivity index (χ0v) is 15.4. The minimum Gasteiger partial charge on any atom is -0.502 e. The molecule has 5 nitrogen and oxygen atoms in total. The van der Waals surface area contributed by atoms with Crippen LogP contribution in [0.4, 0.5) is 25.1 Å². The first kappa shape index (κ1) is 21.4. The van der Waals surface area contributed by atoms with Crippen molar-refractivity contribution in [2.75, 3.05) is 19.5 Å². The van der Waals surface area contributed by atoms with E-state index in [4.69, 9.17) is 9.47 Å². The maximum absolute atomic E-state index is 12.7. The molecule has 2 aromatic rings. The van der Waals surface area contributed by atoms with Crippen molar-refractivity contribution in [3.8, 4) is 17.2 Å². The lowest BCUT2D eigenvalue weighted by atomic mass is 10.1. The maximum atomic E-state index is 12.7. The fraction of sp³-hybridized carbons (Fsp3) is 0.118. The van der Waals surface area contributed by atoms with Crippen LogP contribution in [0.25, 0.3) is 6.08 Å². The van der Waals surface area contributed by atoms with Gasteiger partial charge in [0.2, 0.25) is 11.7 Å². The highest BCUT2D eigenvalue weighted by molar-refractivity contribution is 8.45. The third-order valence-electron chi connectivity index (χ3n) is 3.50. The summed E-state index contributed by atoms with van der Waals surface area (Å²) in [5.41, 5.74) is 0.332. The predicted octanol–water partition coefficient (Wildman–Crippen LogP) is 5.72. The van der Waals surface area contributed by atoms with Gasteiger partial charge in [-0.25, -0.2) is 0 Å². The summed E-state index contributed by atoms with van der Waals surface area (Å²) in [7, 11) is -7.11. The zero-order valence-electron chi connectivity index (χ0n) is 14.6. The molecule has 0 saturated carbocycles. The topological polar surface area (TPSA) is 67.8 Å². The Bertz CT molecular complexity index is 903. The smallest absolute Gasteiger partial charge is 0.310 e. The van der Waals surface area contributed by atoms with Crippen molar-refractivity contribution in [3.05, 3.63) is 48.0 Å². The van der Waals surface area contributed by atoms with E-state index in [0.29, 0.717) is 5.56 Å². The van der Waals surface area contributed by atoms with E-state index >= 15 is 0 Å². The van der Waals surface area contributed by atoms with Crippen molar-refractivity contribution >= 4 is 27.9 Å². The molecule has 0 aliphatic rings. The van der Waals surface area contributed by atoms with Gasteiger partial charge in [-0.05, 0) is 48.0 Å². The van der Waals surface area contributed by atoms with E-state index < -0.39 is 21.0 Å². The minimum atomic E-state index is -9.76. The van der Waals surface area contributed by atoms with Gasteiger partial charge in [-0.3, -0.25) is 4.79 Å². The lowest BCUT2D eigenvalue weighted by molar-refractivity contribution is -0.111. The van der Waals surface area contributed by atoms with Gasteiger partial charge in [-0.15, -0.1) is 0 Å². The van der Waals surface area contributed by atoms with E-state index in [2.05, 4.69) is 5.32 Å². The van der Waals surface area contributed by atoms with Crippen molar-refractivity contribution in [1.29, 1.82) is 0 Å². The molecule has 0 saturated heterocycles. The summed E-state index contributed by atoms with van der Waals surface area (Å²) >= 11 is 0. The first-order chi connectivity index (χ1) is 12.7. The van der Waals surface area contributed by atoms with Crippen molar-refractivity contribution in [2.45, 2.75) is 4.90 Å². The van der Waals surface area contributed by atoms with E-state index in [1.165, 1.54) is 32.4 Å². The summed E-state index contributed by atoms with van der Waals surface area (Å²) in [5, 5.41) is 12.1. The normalized spacial score (nSPS) is 14.2. The molecule has 0 radical (unpaired) electrons. The largest absolute Gasteiger partial charge is 0.502 e. The number of carbonyl (C=O) groups is 1. The van der Waals surface area contributed by atoms with Gasteiger partial charge in [0.25, 0.3) is 0 Å². The number of methoxy groups -OCH3 is 2. The fourth-order valence-electron chi connectivity index (χ4n) is 2.16. The van der Waals surface area contributed by atoms with Crippen LogP contribution in [0, 0.1) is 0 Å². The number of phenols is 1. The third kappa shape index (κ3) is 5.28. The monoisotopic (exact) mass is 425 g/mol. The molecule has 0 bridgehead atoms. The van der Waals surface area contributed by atoms with Crippen LogP contribution in [0.3, 0.4) is 0 Å². The number of anilines is 1. The number of aromatic hydroxyl groups is 1. The molecule has 0 heterocycles. The SMILES string of the molecule is COc1cc(/C=C/C(=O)Nc2ccc(S(F)(F)(F)(F)F)cc2)cc(OC)c1O. The van der Waals surface area contributed by atoms with Crippen molar-refractivity contribution in [1.82, 2.24) is 0 Å². The quantitative estimate of drug-likeness (QED) is 0.459. The molecule has 2 rings (SSSR count). The molecule has 0 aliphatic heterocycles. The summed E-state index contributed by atoms with van der Waals surface area (Å²) in [6.45, 7) is 0. The number of halogens is 5. The number of rotatable bonds is 6. The lowest BCUT2D eigenvalue weighted by Gasteiger charge is -2.40. The van der Waals surface area contributed by atoms with Gasteiger partial charge in [0.15, 0.2) is 11.5 Å². The van der Waals surface area contributed by atoms with Crippen molar-refractivity contribution in [3.63, 3.8) is 0 Å². The summed E-state index contributed by atoms with van der Waals surface area (Å²) in [6, 6.07) is 4.71. The van der Waals surface area contributed by atoms with Gasteiger partial charge in [0.05, 0.1) is 14.2 Å². The van der Waals surface area contributed by atoms with E-state index in [-0.39, 0.29) is 35.1 Å². The number of nitrogens with one attached hydrogen (secondary N) is 1. The Morgan fingerprint density at radius 2 is 1.50 bits per heavy atom. The van der Waals surface area contributed by atoms with Crippen LogP contribution in [0.5, 0.6) is 17.2 Å². The Kier molecular flexibility index (Phi) is 5.02. The number of benzene rings is 2. The molecule has 1 amide bonds. The minimum absolute atomic E-state index is 0.0962. The standard InChI is InChI=1S/C17H16F5NO4S/c1-26-14-9-11(10-15(27-2)17(14)25)3-8-16(24)23-12-4-6-13(7-5-12)28(18,19,20,21)22/h3-10,25H,1-2H3,(H,23,24)/b8-3+. The van der Waals surface area contributed by atoms with E-state index in [0.717, 1.165) is 18.2 Å². The summed E-state index contributed by atoms with van der Waals surface area (Å²) < 4.78 is 73.3. The number of ether oxygens (including phenoxy) is 2. The first-order valence-corrected chi connectivity index (χ1v) is 9.47. The Morgan fingerprint density at radius 3 is 1.93 bits per heavy atom. The van der Waals surface area contributed by atoms with E-state index in [1.807, 2.05) is 0 Å². The molecule has 154 valence electrons. The number of phenolic OH excluding ortho intramolecular Hbond substituents is 1. The highest BCUT2D eigenvalue weighted by Gasteiger charge is 2.65. The average molecular weight is 425 g/mol. The lowest BCUT2D eigenvalue weighted by Crippen LogP contribution is -2.09. The number of hydrogen-bond acceptors (Lipinski definition) is 4.